The third-order valence-electron chi connectivity index (χ3n) is 4.86. The van der Waals surface area contributed by atoms with Gasteiger partial charge in [0.05, 0.1) is 0 Å². The summed E-state index contributed by atoms with van der Waals surface area (Å²) in [4.78, 5) is 18.7. The van der Waals surface area contributed by atoms with E-state index in [0.29, 0.717) is 24.7 Å². The lowest BCUT2D eigenvalue weighted by Gasteiger charge is -2.32. The van der Waals surface area contributed by atoms with Gasteiger partial charge in [-0.1, -0.05) is 12.1 Å². The van der Waals surface area contributed by atoms with E-state index in [2.05, 4.69) is 22.4 Å². The number of rotatable bonds is 8. The second-order valence-corrected chi connectivity index (χ2v) is 6.81. The number of piperidine rings is 1. The smallest absolute Gasteiger partial charge is 0.226 e. The van der Waals surface area contributed by atoms with Crippen molar-refractivity contribution in [1.29, 1.82) is 0 Å². The number of carbonyl (C=O) groups is 1. The molecule has 1 saturated carbocycles. The number of carbonyl (C=O) groups excluding carboxylic acids is 1. The molecule has 0 unspecified atom stereocenters. The van der Waals surface area contributed by atoms with Crippen molar-refractivity contribution in [2.45, 2.75) is 57.8 Å². The standard InChI is InChI=1S/C17H28N4O2.ClH/c1-2-18-12-13-8-10-21(11-9-13)16(22)5-3-4-15-19-17(20-23-15)14-6-7-14;/h13-14,18H,2-12H2,1H3;1H. The number of aryl methyl sites for hydroxylation is 1. The van der Waals surface area contributed by atoms with Gasteiger partial charge in [-0.2, -0.15) is 4.98 Å². The predicted octanol–water partition coefficient (Wildman–Crippen LogP) is 2.54. The molecule has 1 N–H and O–H groups in total. The molecule has 1 aliphatic carbocycles. The molecule has 2 aliphatic rings. The Labute approximate surface area is 150 Å². The third-order valence-corrected chi connectivity index (χ3v) is 4.86. The quantitative estimate of drug-likeness (QED) is 0.775. The number of amides is 1. The summed E-state index contributed by atoms with van der Waals surface area (Å²) in [6.45, 7) is 6.05. The van der Waals surface area contributed by atoms with Crippen molar-refractivity contribution >= 4 is 18.3 Å². The van der Waals surface area contributed by atoms with E-state index < -0.39 is 0 Å². The van der Waals surface area contributed by atoms with E-state index in [0.717, 1.165) is 57.2 Å². The number of hydrogen-bond donors (Lipinski definition) is 1. The van der Waals surface area contributed by atoms with Crippen LogP contribution in [-0.2, 0) is 11.2 Å². The maximum atomic E-state index is 12.3. The highest BCUT2D eigenvalue weighted by molar-refractivity contribution is 5.85. The first kappa shape index (κ1) is 19.2. The number of likely N-dealkylation sites (tertiary alicyclic amines) is 1. The molecule has 0 aromatic carbocycles. The zero-order valence-corrected chi connectivity index (χ0v) is 15.3. The van der Waals surface area contributed by atoms with E-state index in [1.165, 1.54) is 12.8 Å². The van der Waals surface area contributed by atoms with Crippen LogP contribution in [0.5, 0.6) is 0 Å². The zero-order chi connectivity index (χ0) is 16.1. The third kappa shape index (κ3) is 5.45. The average Bonchev–Trinajstić information content (AvgIpc) is 3.32. The molecule has 1 saturated heterocycles. The molecule has 2 heterocycles. The van der Waals surface area contributed by atoms with Crippen LogP contribution in [0.1, 0.15) is 63.1 Å². The molecule has 2 fully saturated rings. The monoisotopic (exact) mass is 356 g/mol. The number of halogens is 1. The molecule has 0 atom stereocenters. The molecule has 24 heavy (non-hydrogen) atoms. The molecule has 1 aromatic heterocycles. The Bertz CT molecular complexity index is 510. The van der Waals surface area contributed by atoms with Gasteiger partial charge >= 0.3 is 0 Å². The van der Waals surface area contributed by atoms with Gasteiger partial charge in [0, 0.05) is 31.8 Å². The van der Waals surface area contributed by atoms with Crippen LogP contribution in [0.15, 0.2) is 4.52 Å². The minimum Gasteiger partial charge on any atom is -0.343 e. The van der Waals surface area contributed by atoms with Crippen molar-refractivity contribution in [1.82, 2.24) is 20.4 Å². The molecule has 1 aromatic rings. The molecule has 7 heteroatoms. The molecular formula is C17H29ClN4O2. The van der Waals surface area contributed by atoms with Crippen molar-refractivity contribution in [2.75, 3.05) is 26.2 Å². The summed E-state index contributed by atoms with van der Waals surface area (Å²) in [7, 11) is 0. The molecule has 1 aliphatic heterocycles. The second kappa shape index (κ2) is 9.37. The molecule has 1 amide bonds. The van der Waals surface area contributed by atoms with Crippen molar-refractivity contribution in [3.63, 3.8) is 0 Å². The highest BCUT2D eigenvalue weighted by atomic mass is 35.5. The lowest BCUT2D eigenvalue weighted by Crippen LogP contribution is -2.40. The van der Waals surface area contributed by atoms with Crippen LogP contribution < -0.4 is 5.32 Å². The largest absolute Gasteiger partial charge is 0.343 e. The van der Waals surface area contributed by atoms with Gasteiger partial charge in [0.2, 0.25) is 11.8 Å². The van der Waals surface area contributed by atoms with Crippen LogP contribution in [0, 0.1) is 5.92 Å². The summed E-state index contributed by atoms with van der Waals surface area (Å²) in [5.74, 6) is 3.06. The molecule has 136 valence electrons. The van der Waals surface area contributed by atoms with Crippen molar-refractivity contribution in [2.24, 2.45) is 5.92 Å². The molecule has 0 spiro atoms. The van der Waals surface area contributed by atoms with Crippen LogP contribution >= 0.6 is 12.4 Å². The van der Waals surface area contributed by atoms with Crippen LogP contribution in [0.25, 0.3) is 0 Å². The van der Waals surface area contributed by atoms with E-state index in [1.807, 2.05) is 4.90 Å². The van der Waals surface area contributed by atoms with E-state index >= 15 is 0 Å². The molecular weight excluding hydrogens is 328 g/mol. The number of hydrogen-bond acceptors (Lipinski definition) is 5. The maximum absolute atomic E-state index is 12.3. The van der Waals surface area contributed by atoms with Gasteiger partial charge in [-0.05, 0) is 51.1 Å². The maximum Gasteiger partial charge on any atom is 0.226 e. The fourth-order valence-electron chi connectivity index (χ4n) is 3.16. The summed E-state index contributed by atoms with van der Waals surface area (Å²) < 4.78 is 5.25. The molecule has 3 rings (SSSR count). The average molecular weight is 357 g/mol. The Hall–Kier alpha value is -1.14. The van der Waals surface area contributed by atoms with Crippen molar-refractivity contribution < 1.29 is 9.32 Å². The minimum absolute atomic E-state index is 0. The second-order valence-electron chi connectivity index (χ2n) is 6.81. The van der Waals surface area contributed by atoms with E-state index in [1.54, 1.807) is 0 Å². The molecule has 0 radical (unpaired) electrons. The zero-order valence-electron chi connectivity index (χ0n) is 14.5. The highest BCUT2D eigenvalue weighted by Gasteiger charge is 2.28. The Morgan fingerprint density at radius 3 is 2.71 bits per heavy atom. The lowest BCUT2D eigenvalue weighted by atomic mass is 9.96. The van der Waals surface area contributed by atoms with Crippen LogP contribution in [0.2, 0.25) is 0 Å². The van der Waals surface area contributed by atoms with Gasteiger partial charge in [0.25, 0.3) is 0 Å². The summed E-state index contributed by atoms with van der Waals surface area (Å²) in [6, 6.07) is 0. The van der Waals surface area contributed by atoms with Crippen molar-refractivity contribution in [3.05, 3.63) is 11.7 Å². The Morgan fingerprint density at radius 2 is 2.04 bits per heavy atom. The number of nitrogens with one attached hydrogen (secondary N) is 1. The Morgan fingerprint density at radius 1 is 1.29 bits per heavy atom. The van der Waals surface area contributed by atoms with Gasteiger partial charge < -0.3 is 14.7 Å². The summed E-state index contributed by atoms with van der Waals surface area (Å²) >= 11 is 0. The van der Waals surface area contributed by atoms with Gasteiger partial charge in [-0.25, -0.2) is 0 Å². The number of aromatic nitrogens is 2. The summed E-state index contributed by atoms with van der Waals surface area (Å²) in [5.41, 5.74) is 0. The van der Waals surface area contributed by atoms with E-state index in [9.17, 15) is 4.79 Å². The minimum atomic E-state index is 0. The Kier molecular flexibility index (Phi) is 7.49. The summed E-state index contributed by atoms with van der Waals surface area (Å²) in [5, 5.41) is 7.41. The van der Waals surface area contributed by atoms with Crippen LogP contribution in [-0.4, -0.2) is 47.1 Å². The highest BCUT2D eigenvalue weighted by Crippen LogP contribution is 2.38. The van der Waals surface area contributed by atoms with Gasteiger partial charge in [0.1, 0.15) is 0 Å². The SMILES string of the molecule is CCNCC1CCN(C(=O)CCCc2nc(C3CC3)no2)CC1.Cl. The lowest BCUT2D eigenvalue weighted by molar-refractivity contribution is -0.132. The van der Waals surface area contributed by atoms with Crippen LogP contribution in [0.4, 0.5) is 0 Å². The fourth-order valence-corrected chi connectivity index (χ4v) is 3.16. The van der Waals surface area contributed by atoms with E-state index in [4.69, 9.17) is 4.52 Å². The first-order chi connectivity index (χ1) is 11.3. The van der Waals surface area contributed by atoms with E-state index in [-0.39, 0.29) is 18.3 Å². The van der Waals surface area contributed by atoms with Crippen LogP contribution in [0.3, 0.4) is 0 Å². The predicted molar refractivity (Wildman–Crippen MR) is 94.3 cm³/mol. The first-order valence-electron chi connectivity index (χ1n) is 9.07. The number of nitrogens with zero attached hydrogens (tertiary/aromatic N) is 3. The normalized spacial score (nSPS) is 18.5. The molecule has 0 bridgehead atoms. The Balaban J connectivity index is 0.00000208. The fraction of sp³-hybridized carbons (Fsp3) is 0.824. The first-order valence-corrected chi connectivity index (χ1v) is 9.07. The topological polar surface area (TPSA) is 71.3 Å². The van der Waals surface area contributed by atoms with Gasteiger partial charge in [-0.3, -0.25) is 4.79 Å². The van der Waals surface area contributed by atoms with Gasteiger partial charge in [-0.15, -0.1) is 12.4 Å². The van der Waals surface area contributed by atoms with Gasteiger partial charge in [0.15, 0.2) is 5.82 Å². The summed E-state index contributed by atoms with van der Waals surface area (Å²) in [6.07, 6.45) is 6.69. The molecule has 6 nitrogen and oxygen atoms in total. The van der Waals surface area contributed by atoms with Crippen molar-refractivity contribution in [3.8, 4) is 0 Å².